The molecule has 0 aliphatic rings. The Morgan fingerprint density at radius 1 is 1.29 bits per heavy atom. The Balaban J connectivity index is 1.86. The number of hydrogen-bond donors (Lipinski definition) is 1. The molecular formula is C16H23N3OS. The van der Waals surface area contributed by atoms with Crippen molar-refractivity contribution in [1.29, 1.82) is 0 Å². The lowest BCUT2D eigenvalue weighted by Gasteiger charge is -2.18. The third kappa shape index (κ3) is 5.12. The zero-order chi connectivity index (χ0) is 15.1. The fourth-order valence-electron chi connectivity index (χ4n) is 2.09. The first-order chi connectivity index (χ1) is 10.2. The van der Waals surface area contributed by atoms with Gasteiger partial charge in [-0.1, -0.05) is 12.1 Å². The molecule has 1 heterocycles. The molecule has 4 nitrogen and oxygen atoms in total. The van der Waals surface area contributed by atoms with E-state index in [9.17, 15) is 0 Å². The van der Waals surface area contributed by atoms with Crippen molar-refractivity contribution >= 4 is 17.0 Å². The number of rotatable bonds is 8. The number of anilines is 1. The van der Waals surface area contributed by atoms with Crippen LogP contribution in [0.1, 0.15) is 16.3 Å². The second-order valence-electron chi connectivity index (χ2n) is 5.05. The van der Waals surface area contributed by atoms with E-state index in [-0.39, 0.29) is 0 Å². The maximum Gasteiger partial charge on any atom is 0.0898 e. The van der Waals surface area contributed by atoms with Gasteiger partial charge < -0.3 is 15.0 Å². The first kappa shape index (κ1) is 15.9. The average Bonchev–Trinajstić information content (AvgIpc) is 2.89. The number of nitrogens with one attached hydrogen (secondary N) is 1. The van der Waals surface area contributed by atoms with Gasteiger partial charge in [-0.05, 0) is 24.6 Å². The van der Waals surface area contributed by atoms with Crippen molar-refractivity contribution in [2.45, 2.75) is 20.0 Å². The summed E-state index contributed by atoms with van der Waals surface area (Å²) in [6.07, 6.45) is 0. The quantitative estimate of drug-likeness (QED) is 0.761. The minimum absolute atomic E-state index is 0.744. The van der Waals surface area contributed by atoms with Gasteiger partial charge in [0.2, 0.25) is 0 Å². The lowest BCUT2D eigenvalue weighted by Crippen LogP contribution is -2.19. The van der Waals surface area contributed by atoms with Gasteiger partial charge in [0, 0.05) is 38.3 Å². The molecule has 1 aromatic carbocycles. The lowest BCUT2D eigenvalue weighted by atomic mass is 10.2. The fraction of sp³-hybridized carbons (Fsp3) is 0.438. The molecule has 1 aromatic heterocycles. The van der Waals surface area contributed by atoms with Crippen LogP contribution in [0.3, 0.4) is 0 Å². The van der Waals surface area contributed by atoms with Gasteiger partial charge in [0.1, 0.15) is 0 Å². The molecule has 0 saturated carbocycles. The van der Waals surface area contributed by atoms with Crippen LogP contribution < -0.4 is 10.2 Å². The number of aromatic nitrogens is 1. The second-order valence-corrected chi connectivity index (χ2v) is 6.11. The Labute approximate surface area is 130 Å². The smallest absolute Gasteiger partial charge is 0.0898 e. The maximum absolute atomic E-state index is 5.01. The summed E-state index contributed by atoms with van der Waals surface area (Å²) < 4.78 is 5.01. The minimum atomic E-state index is 0.744. The summed E-state index contributed by atoms with van der Waals surface area (Å²) >= 11 is 1.70. The number of ether oxygens (including phenoxy) is 1. The van der Waals surface area contributed by atoms with Gasteiger partial charge in [0.15, 0.2) is 0 Å². The largest absolute Gasteiger partial charge is 0.383 e. The SMILES string of the molecule is COCCNCc1ccc(N(C)Cc2csc(C)n2)cc1. The lowest BCUT2D eigenvalue weighted by molar-refractivity contribution is 0.199. The van der Waals surface area contributed by atoms with E-state index in [4.69, 9.17) is 4.74 Å². The Bertz CT molecular complexity index is 539. The molecule has 0 atom stereocenters. The van der Waals surface area contributed by atoms with Gasteiger partial charge >= 0.3 is 0 Å². The number of thiazole rings is 1. The Morgan fingerprint density at radius 3 is 2.67 bits per heavy atom. The van der Waals surface area contributed by atoms with E-state index in [0.717, 1.165) is 36.9 Å². The molecule has 0 saturated heterocycles. The molecular weight excluding hydrogens is 282 g/mol. The van der Waals surface area contributed by atoms with E-state index >= 15 is 0 Å². The van der Waals surface area contributed by atoms with Crippen molar-refractivity contribution in [3.63, 3.8) is 0 Å². The van der Waals surface area contributed by atoms with Gasteiger partial charge in [0.05, 0.1) is 23.9 Å². The second kappa shape index (κ2) is 8.12. The van der Waals surface area contributed by atoms with Gasteiger partial charge in [-0.2, -0.15) is 0 Å². The first-order valence-electron chi connectivity index (χ1n) is 7.10. The monoisotopic (exact) mass is 305 g/mol. The zero-order valence-corrected chi connectivity index (χ0v) is 13.7. The molecule has 0 radical (unpaired) electrons. The number of methoxy groups -OCH3 is 1. The summed E-state index contributed by atoms with van der Waals surface area (Å²) in [5.41, 5.74) is 3.62. The zero-order valence-electron chi connectivity index (χ0n) is 12.9. The van der Waals surface area contributed by atoms with Crippen LogP contribution in [-0.4, -0.2) is 32.3 Å². The van der Waals surface area contributed by atoms with E-state index in [0.29, 0.717) is 0 Å². The third-order valence-corrected chi connectivity index (χ3v) is 4.08. The van der Waals surface area contributed by atoms with E-state index in [1.807, 2.05) is 6.92 Å². The highest BCUT2D eigenvalue weighted by Crippen LogP contribution is 2.17. The van der Waals surface area contributed by atoms with E-state index < -0.39 is 0 Å². The molecule has 1 N–H and O–H groups in total. The molecule has 0 aliphatic heterocycles. The van der Waals surface area contributed by atoms with Crippen LogP contribution in [0.15, 0.2) is 29.6 Å². The summed E-state index contributed by atoms with van der Waals surface area (Å²) in [5.74, 6) is 0. The standard InChI is InChI=1S/C16H23N3OS/c1-13-18-15(12-21-13)11-19(2)16-6-4-14(5-7-16)10-17-8-9-20-3/h4-7,12,17H,8-11H2,1-3H3. The molecule has 5 heteroatoms. The highest BCUT2D eigenvalue weighted by Gasteiger charge is 2.05. The van der Waals surface area contributed by atoms with Gasteiger partial charge in [-0.15, -0.1) is 11.3 Å². The molecule has 114 valence electrons. The van der Waals surface area contributed by atoms with Crippen LogP contribution in [-0.2, 0) is 17.8 Å². The summed E-state index contributed by atoms with van der Waals surface area (Å²) in [5, 5.41) is 6.59. The molecule has 0 bridgehead atoms. The number of benzene rings is 1. The van der Waals surface area contributed by atoms with E-state index in [1.165, 1.54) is 11.3 Å². The number of nitrogens with zero attached hydrogens (tertiary/aromatic N) is 2. The topological polar surface area (TPSA) is 37.4 Å². The normalized spacial score (nSPS) is 10.8. The fourth-order valence-corrected chi connectivity index (χ4v) is 2.69. The molecule has 0 fully saturated rings. The van der Waals surface area contributed by atoms with Gasteiger partial charge in [-0.3, -0.25) is 0 Å². The Morgan fingerprint density at radius 2 is 2.05 bits per heavy atom. The number of hydrogen-bond acceptors (Lipinski definition) is 5. The highest BCUT2D eigenvalue weighted by atomic mass is 32.1. The molecule has 0 spiro atoms. The minimum Gasteiger partial charge on any atom is -0.383 e. The van der Waals surface area contributed by atoms with E-state index in [2.05, 4.69) is 51.9 Å². The summed E-state index contributed by atoms with van der Waals surface area (Å²) in [4.78, 5) is 6.73. The average molecular weight is 305 g/mol. The van der Waals surface area contributed by atoms with Crippen molar-refractivity contribution in [3.8, 4) is 0 Å². The van der Waals surface area contributed by atoms with Crippen LogP contribution >= 0.6 is 11.3 Å². The van der Waals surface area contributed by atoms with Crippen LogP contribution in [0, 0.1) is 6.92 Å². The summed E-state index contributed by atoms with van der Waals surface area (Å²) in [7, 11) is 3.82. The molecule has 21 heavy (non-hydrogen) atoms. The Kier molecular flexibility index (Phi) is 6.17. The van der Waals surface area contributed by atoms with Gasteiger partial charge in [0.25, 0.3) is 0 Å². The molecule has 0 amide bonds. The van der Waals surface area contributed by atoms with Crippen LogP contribution in [0.2, 0.25) is 0 Å². The molecule has 0 aliphatic carbocycles. The summed E-state index contributed by atoms with van der Waals surface area (Å²) in [6.45, 7) is 5.38. The summed E-state index contributed by atoms with van der Waals surface area (Å²) in [6, 6.07) is 8.65. The van der Waals surface area contributed by atoms with Crippen molar-refractivity contribution < 1.29 is 4.74 Å². The molecule has 2 rings (SSSR count). The first-order valence-corrected chi connectivity index (χ1v) is 7.97. The van der Waals surface area contributed by atoms with Crippen molar-refractivity contribution in [3.05, 3.63) is 45.9 Å². The van der Waals surface area contributed by atoms with E-state index in [1.54, 1.807) is 18.4 Å². The van der Waals surface area contributed by atoms with Crippen LogP contribution in [0.4, 0.5) is 5.69 Å². The number of aryl methyl sites for hydroxylation is 1. The predicted molar refractivity (Wildman–Crippen MR) is 89.0 cm³/mol. The molecule has 2 aromatic rings. The van der Waals surface area contributed by atoms with Gasteiger partial charge in [-0.25, -0.2) is 4.98 Å². The molecule has 0 unspecified atom stereocenters. The van der Waals surface area contributed by atoms with Crippen LogP contribution in [0.25, 0.3) is 0 Å². The van der Waals surface area contributed by atoms with Crippen molar-refractivity contribution in [2.75, 3.05) is 32.2 Å². The Hall–Kier alpha value is -1.43. The third-order valence-electron chi connectivity index (χ3n) is 3.25. The van der Waals surface area contributed by atoms with Crippen molar-refractivity contribution in [2.24, 2.45) is 0 Å². The predicted octanol–water partition coefficient (Wildman–Crippen LogP) is 2.82. The maximum atomic E-state index is 5.01. The van der Waals surface area contributed by atoms with Crippen LogP contribution in [0.5, 0.6) is 0 Å². The van der Waals surface area contributed by atoms with Crippen molar-refractivity contribution in [1.82, 2.24) is 10.3 Å². The highest BCUT2D eigenvalue weighted by molar-refractivity contribution is 7.09.